The Hall–Kier alpha value is -0.560. The van der Waals surface area contributed by atoms with Crippen LogP contribution < -0.4 is 0 Å². The first-order valence-corrected chi connectivity index (χ1v) is 6.63. The first-order valence-electron chi connectivity index (χ1n) is 6.63. The van der Waals surface area contributed by atoms with Crippen molar-refractivity contribution in [1.82, 2.24) is 4.90 Å². The minimum atomic E-state index is 0.679. The molecule has 1 saturated heterocycles. The maximum Gasteiger partial charge on any atom is 0.0170 e. The lowest BCUT2D eigenvalue weighted by molar-refractivity contribution is 0.224. The normalized spacial score (nSPS) is 26.1. The molecule has 0 aromatic heterocycles. The van der Waals surface area contributed by atoms with Crippen LogP contribution in [0.3, 0.4) is 0 Å². The molecular formula is C15H25N. The maximum atomic E-state index is 2.67. The van der Waals surface area contributed by atoms with E-state index in [0.717, 1.165) is 0 Å². The third-order valence-electron chi connectivity index (χ3n) is 4.88. The van der Waals surface area contributed by atoms with E-state index in [0.29, 0.717) is 12.0 Å². The second kappa shape index (κ2) is 4.37. The van der Waals surface area contributed by atoms with Crippen LogP contribution in [0.5, 0.6) is 0 Å². The summed E-state index contributed by atoms with van der Waals surface area (Å²) in [5.41, 5.74) is 6.28. The van der Waals surface area contributed by atoms with Gasteiger partial charge in [0, 0.05) is 12.0 Å². The zero-order valence-electron chi connectivity index (χ0n) is 11.4. The predicted octanol–water partition coefficient (Wildman–Crippen LogP) is 3.77. The fourth-order valence-electron chi connectivity index (χ4n) is 3.47. The molecule has 0 N–H and O–H groups in total. The van der Waals surface area contributed by atoms with Gasteiger partial charge in [-0.1, -0.05) is 11.1 Å². The zero-order chi connectivity index (χ0) is 11.9. The third kappa shape index (κ3) is 1.75. The minimum Gasteiger partial charge on any atom is -0.300 e. The van der Waals surface area contributed by atoms with E-state index in [1.54, 1.807) is 11.1 Å². The lowest BCUT2D eigenvalue weighted by atomic mass is 9.89. The van der Waals surface area contributed by atoms with E-state index in [4.69, 9.17) is 0 Å². The van der Waals surface area contributed by atoms with Crippen LogP contribution in [0.25, 0.3) is 0 Å². The smallest absolute Gasteiger partial charge is 0.0170 e. The van der Waals surface area contributed by atoms with Gasteiger partial charge >= 0.3 is 0 Å². The molecule has 2 rings (SSSR count). The van der Waals surface area contributed by atoms with Crippen molar-refractivity contribution in [2.24, 2.45) is 5.92 Å². The van der Waals surface area contributed by atoms with Crippen molar-refractivity contribution in [2.75, 3.05) is 13.1 Å². The number of hydrogen-bond acceptors (Lipinski definition) is 1. The second-order valence-electron chi connectivity index (χ2n) is 5.58. The Morgan fingerprint density at radius 3 is 1.81 bits per heavy atom. The Labute approximate surface area is 100 Å². The molecule has 0 saturated carbocycles. The van der Waals surface area contributed by atoms with Gasteiger partial charge in [-0.15, -0.1) is 0 Å². The number of likely N-dealkylation sites (tertiary alicyclic amines) is 1. The summed E-state index contributed by atoms with van der Waals surface area (Å²) in [6.07, 6.45) is 2.78. The highest BCUT2D eigenvalue weighted by atomic mass is 15.2. The van der Waals surface area contributed by atoms with Crippen LogP contribution in [0, 0.1) is 5.92 Å². The fraction of sp³-hybridized carbons (Fsp3) is 0.733. The number of rotatable bonds is 2. The second-order valence-corrected chi connectivity index (χ2v) is 5.58. The molecule has 1 atom stereocenters. The van der Waals surface area contributed by atoms with Gasteiger partial charge in [-0.25, -0.2) is 0 Å². The zero-order valence-corrected chi connectivity index (χ0v) is 11.4. The summed E-state index contributed by atoms with van der Waals surface area (Å²) < 4.78 is 0. The number of nitrogens with zero attached hydrogens (tertiary/aromatic N) is 1. The highest BCUT2D eigenvalue weighted by Crippen LogP contribution is 2.40. The predicted molar refractivity (Wildman–Crippen MR) is 70.5 cm³/mol. The van der Waals surface area contributed by atoms with Crippen molar-refractivity contribution in [3.05, 3.63) is 22.3 Å². The molecule has 16 heavy (non-hydrogen) atoms. The molecule has 90 valence electrons. The highest BCUT2D eigenvalue weighted by Gasteiger charge is 2.32. The first kappa shape index (κ1) is 11.9. The molecule has 0 spiro atoms. The van der Waals surface area contributed by atoms with Crippen LogP contribution in [-0.2, 0) is 0 Å². The molecular weight excluding hydrogens is 194 g/mol. The standard InChI is InChI=1S/C15H25N/c1-10-11(2)13(4)15(12(10)3)14(5)16-8-6-7-9-16/h14-15H,6-9H2,1-5H3. The summed E-state index contributed by atoms with van der Waals surface area (Å²) in [4.78, 5) is 2.67. The van der Waals surface area contributed by atoms with E-state index in [9.17, 15) is 0 Å². The quantitative estimate of drug-likeness (QED) is 0.683. The Kier molecular flexibility index (Phi) is 3.25. The highest BCUT2D eigenvalue weighted by molar-refractivity contribution is 5.47. The molecule has 1 fully saturated rings. The van der Waals surface area contributed by atoms with Gasteiger partial charge in [0.15, 0.2) is 0 Å². The van der Waals surface area contributed by atoms with Crippen molar-refractivity contribution in [3.8, 4) is 0 Å². The maximum absolute atomic E-state index is 2.67. The first-order chi connectivity index (χ1) is 7.54. The van der Waals surface area contributed by atoms with E-state index >= 15 is 0 Å². The lowest BCUT2D eigenvalue weighted by Gasteiger charge is -2.31. The van der Waals surface area contributed by atoms with Crippen molar-refractivity contribution in [3.63, 3.8) is 0 Å². The van der Waals surface area contributed by atoms with Crippen molar-refractivity contribution in [1.29, 1.82) is 0 Å². The Morgan fingerprint density at radius 2 is 1.38 bits per heavy atom. The molecule has 2 aliphatic rings. The van der Waals surface area contributed by atoms with Crippen LogP contribution >= 0.6 is 0 Å². The van der Waals surface area contributed by atoms with E-state index in [1.165, 1.54) is 37.1 Å². The van der Waals surface area contributed by atoms with Crippen LogP contribution in [-0.4, -0.2) is 24.0 Å². The van der Waals surface area contributed by atoms with Crippen molar-refractivity contribution < 1.29 is 0 Å². The number of allylic oxidation sites excluding steroid dienone is 2. The molecule has 1 aliphatic carbocycles. The molecule has 1 unspecified atom stereocenters. The SMILES string of the molecule is CC1=C(C)C(C(C)N2CCCC2)C(C)=C1C. The minimum absolute atomic E-state index is 0.679. The van der Waals surface area contributed by atoms with Crippen molar-refractivity contribution >= 4 is 0 Å². The Balaban J connectivity index is 2.21. The van der Waals surface area contributed by atoms with Gasteiger partial charge < -0.3 is 0 Å². The van der Waals surface area contributed by atoms with Crippen LogP contribution in [0.4, 0.5) is 0 Å². The molecule has 0 aromatic rings. The number of hydrogen-bond donors (Lipinski definition) is 0. The van der Waals surface area contributed by atoms with Gasteiger partial charge in [0.25, 0.3) is 0 Å². The van der Waals surface area contributed by atoms with Gasteiger partial charge in [0.2, 0.25) is 0 Å². The lowest BCUT2D eigenvalue weighted by Crippen LogP contribution is -2.36. The van der Waals surface area contributed by atoms with Crippen LogP contribution in [0.15, 0.2) is 22.3 Å². The summed E-state index contributed by atoms with van der Waals surface area (Å²) in [5.74, 6) is 0.679. The molecule has 0 bridgehead atoms. The summed E-state index contributed by atoms with van der Waals surface area (Å²) >= 11 is 0. The molecule has 1 aliphatic heterocycles. The molecule has 1 heteroatoms. The average molecular weight is 219 g/mol. The summed E-state index contributed by atoms with van der Waals surface area (Å²) in [6, 6.07) is 0.690. The van der Waals surface area contributed by atoms with Crippen molar-refractivity contribution in [2.45, 2.75) is 53.5 Å². The van der Waals surface area contributed by atoms with Gasteiger partial charge in [-0.3, -0.25) is 4.90 Å². The fourth-order valence-corrected chi connectivity index (χ4v) is 3.47. The molecule has 1 nitrogen and oxygen atoms in total. The third-order valence-corrected chi connectivity index (χ3v) is 4.88. The van der Waals surface area contributed by atoms with Gasteiger partial charge in [0.05, 0.1) is 0 Å². The molecule has 1 heterocycles. The average Bonchev–Trinajstić information content (AvgIpc) is 2.84. The van der Waals surface area contributed by atoms with E-state index in [2.05, 4.69) is 39.5 Å². The molecule has 0 amide bonds. The van der Waals surface area contributed by atoms with E-state index < -0.39 is 0 Å². The van der Waals surface area contributed by atoms with Gasteiger partial charge in [-0.05, 0) is 71.7 Å². The van der Waals surface area contributed by atoms with Crippen LogP contribution in [0.1, 0.15) is 47.5 Å². The summed E-state index contributed by atoms with van der Waals surface area (Å²) in [6.45, 7) is 14.2. The van der Waals surface area contributed by atoms with Gasteiger partial charge in [-0.2, -0.15) is 0 Å². The topological polar surface area (TPSA) is 3.24 Å². The summed E-state index contributed by atoms with van der Waals surface area (Å²) in [7, 11) is 0. The Bertz CT molecular complexity index is 318. The monoisotopic (exact) mass is 219 g/mol. The van der Waals surface area contributed by atoms with Crippen LogP contribution in [0.2, 0.25) is 0 Å². The van der Waals surface area contributed by atoms with E-state index in [-0.39, 0.29) is 0 Å². The molecule has 0 aromatic carbocycles. The largest absolute Gasteiger partial charge is 0.300 e. The van der Waals surface area contributed by atoms with Gasteiger partial charge in [0.1, 0.15) is 0 Å². The summed E-state index contributed by atoms with van der Waals surface area (Å²) in [5, 5.41) is 0. The molecule has 0 radical (unpaired) electrons. The van der Waals surface area contributed by atoms with E-state index in [1.807, 2.05) is 0 Å². The Morgan fingerprint density at radius 1 is 0.938 bits per heavy atom.